The minimum absolute atomic E-state index is 0.00635. The maximum atomic E-state index is 12.2. The molecule has 2 bridgehead atoms. The summed E-state index contributed by atoms with van der Waals surface area (Å²) in [5.74, 6) is 0.935. The monoisotopic (exact) mass is 283 g/mol. The van der Waals surface area contributed by atoms with Crippen molar-refractivity contribution in [1.82, 2.24) is 10.3 Å². The fraction of sp³-hybridized carbons (Fsp3) is 0.471. The molecule has 2 unspecified atom stereocenters. The molecule has 2 saturated heterocycles. The Morgan fingerprint density at radius 2 is 1.86 bits per heavy atom. The molecule has 2 atom stereocenters. The number of H-pyrrole nitrogens is 1. The molecule has 3 heterocycles. The van der Waals surface area contributed by atoms with Gasteiger partial charge in [-0.25, -0.2) is 0 Å². The Morgan fingerprint density at radius 3 is 2.62 bits per heavy atom. The summed E-state index contributed by atoms with van der Waals surface area (Å²) < 4.78 is 0. The van der Waals surface area contributed by atoms with Crippen LogP contribution in [0.15, 0.2) is 35.1 Å². The molecule has 2 aliphatic rings. The Hall–Kier alpha value is -1.81. The van der Waals surface area contributed by atoms with E-state index in [9.17, 15) is 4.79 Å². The minimum Gasteiger partial charge on any atom is -0.358 e. The number of aromatic amines is 1. The summed E-state index contributed by atoms with van der Waals surface area (Å²) in [7, 11) is 2.11. The highest BCUT2D eigenvalue weighted by atomic mass is 16.1. The van der Waals surface area contributed by atoms with Crippen LogP contribution < -0.4 is 15.8 Å². The lowest BCUT2D eigenvalue weighted by Gasteiger charge is -2.36. The third-order valence-corrected chi connectivity index (χ3v) is 5.12. The maximum absolute atomic E-state index is 12.2. The van der Waals surface area contributed by atoms with Gasteiger partial charge in [0.2, 0.25) is 0 Å². The zero-order valence-electron chi connectivity index (χ0n) is 12.3. The van der Waals surface area contributed by atoms with Crippen molar-refractivity contribution in [3.63, 3.8) is 0 Å². The van der Waals surface area contributed by atoms with Crippen molar-refractivity contribution in [2.24, 2.45) is 0 Å². The van der Waals surface area contributed by atoms with E-state index >= 15 is 0 Å². The third kappa shape index (κ3) is 2.23. The van der Waals surface area contributed by atoms with Gasteiger partial charge in [-0.15, -0.1) is 0 Å². The first-order valence-corrected chi connectivity index (χ1v) is 7.81. The van der Waals surface area contributed by atoms with Crippen molar-refractivity contribution in [2.75, 3.05) is 11.9 Å². The van der Waals surface area contributed by atoms with Crippen LogP contribution in [0.5, 0.6) is 0 Å². The fourth-order valence-electron chi connectivity index (χ4n) is 3.93. The number of hydrogen-bond acceptors (Lipinski definition) is 3. The van der Waals surface area contributed by atoms with Crippen LogP contribution >= 0.6 is 0 Å². The van der Waals surface area contributed by atoms with Gasteiger partial charge >= 0.3 is 0 Å². The van der Waals surface area contributed by atoms with E-state index in [-0.39, 0.29) is 5.56 Å². The summed E-state index contributed by atoms with van der Waals surface area (Å²) in [6.45, 7) is 0. The normalized spacial score (nSPS) is 28.0. The Morgan fingerprint density at radius 1 is 1.14 bits per heavy atom. The number of fused-ring (bicyclic) bond motifs is 3. The molecule has 1 aromatic carbocycles. The molecule has 0 saturated carbocycles. The minimum atomic E-state index is 0.00635. The van der Waals surface area contributed by atoms with Crippen LogP contribution in [-0.4, -0.2) is 30.2 Å². The van der Waals surface area contributed by atoms with Crippen molar-refractivity contribution in [3.05, 3.63) is 40.7 Å². The first kappa shape index (κ1) is 12.9. The zero-order valence-corrected chi connectivity index (χ0v) is 12.3. The van der Waals surface area contributed by atoms with Crippen LogP contribution in [0.2, 0.25) is 0 Å². The van der Waals surface area contributed by atoms with Crippen LogP contribution in [0.1, 0.15) is 25.7 Å². The second-order valence-corrected chi connectivity index (χ2v) is 6.44. The van der Waals surface area contributed by atoms with Gasteiger partial charge in [0.15, 0.2) is 0 Å². The zero-order chi connectivity index (χ0) is 14.4. The van der Waals surface area contributed by atoms with E-state index in [0.29, 0.717) is 18.1 Å². The molecule has 1 aromatic heterocycles. The molecule has 4 heteroatoms. The van der Waals surface area contributed by atoms with Gasteiger partial charge in [0.25, 0.3) is 5.56 Å². The second-order valence-electron chi connectivity index (χ2n) is 6.44. The van der Waals surface area contributed by atoms with Crippen molar-refractivity contribution < 1.29 is 0 Å². The number of nitrogens with one attached hydrogen (secondary N) is 2. The van der Waals surface area contributed by atoms with Crippen LogP contribution in [0.3, 0.4) is 0 Å². The molecule has 21 heavy (non-hydrogen) atoms. The molecule has 0 spiro atoms. The number of rotatable bonds is 2. The third-order valence-electron chi connectivity index (χ3n) is 5.12. The molecule has 0 amide bonds. The number of pyridine rings is 1. The lowest BCUT2D eigenvalue weighted by atomic mass is 9.98. The van der Waals surface area contributed by atoms with E-state index in [4.69, 9.17) is 0 Å². The number of nitrogens with zero attached hydrogens (tertiary/aromatic N) is 1. The molecule has 4 rings (SSSR count). The number of aromatic nitrogens is 1. The van der Waals surface area contributed by atoms with Crippen molar-refractivity contribution in [2.45, 2.75) is 43.8 Å². The number of piperidine rings is 1. The van der Waals surface area contributed by atoms with Crippen LogP contribution in [0, 0.1) is 0 Å². The highest BCUT2D eigenvalue weighted by molar-refractivity contribution is 5.83. The van der Waals surface area contributed by atoms with Crippen LogP contribution in [0.4, 0.5) is 5.82 Å². The SMILES string of the molecule is CN(c1cc2ccccc2c(=O)[nH]1)C1CC2CCC(C1)N2. The fourth-order valence-corrected chi connectivity index (χ4v) is 3.93. The van der Waals surface area contributed by atoms with Crippen LogP contribution in [0.25, 0.3) is 10.8 Å². The van der Waals surface area contributed by atoms with E-state index in [2.05, 4.69) is 28.3 Å². The number of benzene rings is 1. The Balaban J connectivity index is 1.68. The topological polar surface area (TPSA) is 48.1 Å². The van der Waals surface area contributed by atoms with Crippen LogP contribution in [-0.2, 0) is 0 Å². The Kier molecular flexibility index (Phi) is 3.00. The number of hydrogen-bond donors (Lipinski definition) is 2. The number of anilines is 1. The molecule has 2 fully saturated rings. The highest BCUT2D eigenvalue weighted by Crippen LogP contribution is 2.31. The van der Waals surface area contributed by atoms with Gasteiger partial charge in [0.05, 0.1) is 0 Å². The van der Waals surface area contributed by atoms with Gasteiger partial charge in [-0.2, -0.15) is 0 Å². The van der Waals surface area contributed by atoms with E-state index < -0.39 is 0 Å². The molecule has 0 aliphatic carbocycles. The Labute approximate surface area is 124 Å². The van der Waals surface area contributed by atoms with Gasteiger partial charge < -0.3 is 15.2 Å². The van der Waals surface area contributed by atoms with Gasteiger partial charge in [0.1, 0.15) is 5.82 Å². The second kappa shape index (κ2) is 4.88. The first-order valence-electron chi connectivity index (χ1n) is 7.81. The predicted molar refractivity (Wildman–Crippen MR) is 85.9 cm³/mol. The average molecular weight is 283 g/mol. The smallest absolute Gasteiger partial charge is 0.257 e. The summed E-state index contributed by atoms with van der Waals surface area (Å²) in [5, 5.41) is 5.45. The van der Waals surface area contributed by atoms with E-state index in [0.717, 1.165) is 16.6 Å². The molecule has 110 valence electrons. The van der Waals surface area contributed by atoms with Crippen molar-refractivity contribution >= 4 is 16.6 Å². The first-order chi connectivity index (χ1) is 10.2. The molecule has 2 aliphatic heterocycles. The summed E-state index contributed by atoms with van der Waals surface area (Å²) in [6, 6.07) is 11.7. The molecular formula is C17H21N3O. The van der Waals surface area contributed by atoms with Gasteiger partial charge in [0, 0.05) is 30.6 Å². The van der Waals surface area contributed by atoms with Gasteiger partial charge in [-0.1, -0.05) is 18.2 Å². The standard InChI is InChI=1S/C17H21N3O/c1-20(14-9-12-6-7-13(10-14)18-12)16-8-11-4-2-3-5-15(11)17(21)19-16/h2-5,8,12-14,18H,6-7,9-10H2,1H3,(H,19,21). The van der Waals surface area contributed by atoms with Gasteiger partial charge in [-0.05, 0) is 43.2 Å². The quantitative estimate of drug-likeness (QED) is 0.888. The molecule has 0 radical (unpaired) electrons. The van der Waals surface area contributed by atoms with E-state index in [1.54, 1.807) is 0 Å². The van der Waals surface area contributed by atoms with Crippen molar-refractivity contribution in [1.29, 1.82) is 0 Å². The largest absolute Gasteiger partial charge is 0.358 e. The average Bonchev–Trinajstić information content (AvgIpc) is 2.85. The molecule has 2 N–H and O–H groups in total. The maximum Gasteiger partial charge on any atom is 0.257 e. The summed E-state index contributed by atoms with van der Waals surface area (Å²) in [6.07, 6.45) is 4.93. The van der Waals surface area contributed by atoms with E-state index in [1.807, 2.05) is 24.3 Å². The summed E-state index contributed by atoms with van der Waals surface area (Å²) in [4.78, 5) is 17.5. The van der Waals surface area contributed by atoms with Crippen molar-refractivity contribution in [3.8, 4) is 0 Å². The molecule has 2 aromatic rings. The van der Waals surface area contributed by atoms with Gasteiger partial charge in [-0.3, -0.25) is 4.79 Å². The summed E-state index contributed by atoms with van der Waals surface area (Å²) >= 11 is 0. The Bertz CT molecular complexity index is 711. The van der Waals surface area contributed by atoms with E-state index in [1.165, 1.54) is 25.7 Å². The highest BCUT2D eigenvalue weighted by Gasteiger charge is 2.35. The molecule has 4 nitrogen and oxygen atoms in total. The predicted octanol–water partition coefficient (Wildman–Crippen LogP) is 2.25. The lowest BCUT2D eigenvalue weighted by Crippen LogP contribution is -2.47. The lowest BCUT2D eigenvalue weighted by molar-refractivity contribution is 0.354. The molecular weight excluding hydrogens is 262 g/mol. The summed E-state index contributed by atoms with van der Waals surface area (Å²) in [5.41, 5.74) is 0.00635.